The standard InChI is InChI=1S/C61H95N2O13P/c1-40-21-15-13-16-22-42(3)51(62(33-34-71-8)48-23-17-14-18-24-48)39-49-29-27-46(7)61(69,75-49)58(66)59(67)63-32-20-19-25-50(63)60(68)74-52(43(4)37-47-28-31-53(54(38-47)72-9)76-77(11,12)70)30-26-41(2)36-45(6)56(65)57(73-10)55(64)44(5)35-40/h13-18,21-24,36,40-41,43-44,46-47,49-54,56-57,65,69H,19-20,25-35,37-39H2,1-12H3/b16-13+,21-15+,42-22+,45-36+/t40-,41+,43-,44-,46-,47-,49+,50+,51+,52+,53-,54-,56-,57+,61-/m1/s1. The molecule has 2 bridgehead atoms. The number of carbonyl (C=O) groups excluding carboxylic acids is 4. The molecule has 1 aliphatic carbocycles. The number of carbonyl (C=O) groups is 4. The predicted molar refractivity (Wildman–Crippen MR) is 302 cm³/mol. The van der Waals surface area contributed by atoms with Gasteiger partial charge in [-0.25, -0.2) is 4.79 Å². The van der Waals surface area contributed by atoms with E-state index in [9.17, 15) is 34.0 Å². The number of hydrogen-bond acceptors (Lipinski definition) is 14. The quantitative estimate of drug-likeness (QED) is 0.0871. The Hall–Kier alpha value is -3.79. The number of piperidine rings is 1. The van der Waals surface area contributed by atoms with E-state index >= 15 is 0 Å². The van der Waals surface area contributed by atoms with Crippen LogP contribution in [0.1, 0.15) is 132 Å². The molecule has 5 rings (SSSR count). The molecule has 77 heavy (non-hydrogen) atoms. The van der Waals surface area contributed by atoms with Crippen LogP contribution in [0.4, 0.5) is 5.69 Å². The van der Waals surface area contributed by atoms with E-state index in [1.54, 1.807) is 41.4 Å². The van der Waals surface area contributed by atoms with E-state index in [2.05, 4.69) is 24.8 Å². The molecule has 432 valence electrons. The Balaban J connectivity index is 1.51. The summed E-state index contributed by atoms with van der Waals surface area (Å²) in [4.78, 5) is 61.5. The third-order valence-electron chi connectivity index (χ3n) is 16.6. The monoisotopic (exact) mass is 1090 g/mol. The average Bonchev–Trinajstić information content (AvgIpc) is 3.41. The first-order valence-corrected chi connectivity index (χ1v) is 31.0. The fourth-order valence-corrected chi connectivity index (χ4v) is 13.0. The number of nitrogens with zero attached hydrogens (tertiary/aromatic N) is 2. The maximum atomic E-state index is 14.7. The Bertz CT molecular complexity index is 2250. The summed E-state index contributed by atoms with van der Waals surface area (Å²) in [6, 6.07) is 8.65. The van der Waals surface area contributed by atoms with Gasteiger partial charge in [0.05, 0.1) is 31.0 Å². The van der Waals surface area contributed by atoms with Gasteiger partial charge in [-0.3, -0.25) is 18.9 Å². The second kappa shape index (κ2) is 30.1. The fraction of sp³-hybridized carbons (Fsp3) is 0.705. The van der Waals surface area contributed by atoms with Crippen molar-refractivity contribution < 1.29 is 62.2 Å². The van der Waals surface area contributed by atoms with Crippen LogP contribution in [0.15, 0.2) is 77.9 Å². The summed E-state index contributed by atoms with van der Waals surface area (Å²) in [5.41, 5.74) is 2.55. The van der Waals surface area contributed by atoms with Crippen LogP contribution in [-0.2, 0) is 52.0 Å². The summed E-state index contributed by atoms with van der Waals surface area (Å²) in [6.45, 7) is 17.9. The number of methoxy groups -OCH3 is 3. The number of ether oxygens (including phenoxy) is 5. The Morgan fingerprint density at radius 3 is 2.23 bits per heavy atom. The van der Waals surface area contributed by atoms with Crippen LogP contribution in [0.2, 0.25) is 0 Å². The van der Waals surface area contributed by atoms with Gasteiger partial charge in [-0.15, -0.1) is 0 Å². The van der Waals surface area contributed by atoms with Crippen molar-refractivity contribution in [2.24, 2.45) is 35.5 Å². The van der Waals surface area contributed by atoms with Gasteiger partial charge in [-0.2, -0.15) is 0 Å². The van der Waals surface area contributed by atoms with Gasteiger partial charge in [0.2, 0.25) is 5.79 Å². The molecule has 3 heterocycles. The van der Waals surface area contributed by atoms with Gasteiger partial charge in [-0.05, 0) is 139 Å². The van der Waals surface area contributed by atoms with Crippen LogP contribution in [-0.4, -0.2) is 147 Å². The highest BCUT2D eigenvalue weighted by molar-refractivity contribution is 7.57. The van der Waals surface area contributed by atoms with Crippen molar-refractivity contribution in [1.29, 1.82) is 0 Å². The molecule has 0 aromatic heterocycles. The SMILES string of the molecule is COCCN(c1ccccc1)[C@H]1C[C@@H]2CC[C@@H](C)[C@@](O)(O2)C(=O)C(=O)N2CCCC[C@H]2C(=O)O[C@H]([C@H](C)C[C@H]2CC[C@@H](OP(C)(C)=O)[C@H](OC)C2)CC[C@H](C)/C=C(\C)[C@@H](O)[C@@H](OC)C(=O)[C@H](C)C[C@H](C)/C=C/C=C/C=C/1C. The predicted octanol–water partition coefficient (Wildman–Crippen LogP) is 10.1. The lowest BCUT2D eigenvalue weighted by Gasteiger charge is -2.44. The Kier molecular flexibility index (Phi) is 25.1. The molecule has 15 atom stereocenters. The second-order valence-corrected chi connectivity index (χ2v) is 26.0. The molecular formula is C61H95N2O13P. The van der Waals surface area contributed by atoms with Crippen LogP contribution in [0.5, 0.6) is 0 Å². The number of anilines is 1. The number of hydrogen-bond donors (Lipinski definition) is 2. The molecule has 2 saturated heterocycles. The maximum absolute atomic E-state index is 14.7. The van der Waals surface area contributed by atoms with E-state index in [1.807, 2.05) is 81.5 Å². The van der Waals surface area contributed by atoms with Gasteiger partial charge < -0.3 is 48.2 Å². The van der Waals surface area contributed by atoms with Crippen LogP contribution in [0.25, 0.3) is 0 Å². The number of amides is 1. The number of esters is 1. The summed E-state index contributed by atoms with van der Waals surface area (Å²) < 4.78 is 48.9. The highest BCUT2D eigenvalue weighted by atomic mass is 31.2. The maximum Gasteiger partial charge on any atom is 0.329 e. The second-order valence-electron chi connectivity index (χ2n) is 23.3. The van der Waals surface area contributed by atoms with Crippen molar-refractivity contribution in [3.05, 3.63) is 77.9 Å². The summed E-state index contributed by atoms with van der Waals surface area (Å²) in [5.74, 6) is -6.39. The van der Waals surface area contributed by atoms with E-state index in [0.29, 0.717) is 89.4 Å². The van der Waals surface area contributed by atoms with Crippen LogP contribution in [0, 0.1) is 35.5 Å². The van der Waals surface area contributed by atoms with Crippen molar-refractivity contribution in [2.75, 3.05) is 59.3 Å². The topological polar surface area (TPSA) is 188 Å². The minimum Gasteiger partial charge on any atom is -0.461 e. The van der Waals surface area contributed by atoms with E-state index in [-0.39, 0.29) is 60.7 Å². The van der Waals surface area contributed by atoms with Crippen molar-refractivity contribution in [1.82, 2.24) is 4.90 Å². The largest absolute Gasteiger partial charge is 0.461 e. The van der Waals surface area contributed by atoms with Gasteiger partial charge in [0.15, 0.2) is 13.2 Å². The number of aliphatic hydroxyl groups is 2. The van der Waals surface area contributed by atoms with E-state index in [4.69, 9.17) is 28.2 Å². The summed E-state index contributed by atoms with van der Waals surface area (Å²) in [5, 5.41) is 24.1. The minimum atomic E-state index is -2.76. The van der Waals surface area contributed by atoms with Crippen molar-refractivity contribution in [2.45, 2.75) is 186 Å². The number of benzene rings is 1. The van der Waals surface area contributed by atoms with Gasteiger partial charge >= 0.3 is 5.97 Å². The zero-order valence-corrected chi connectivity index (χ0v) is 49.4. The molecule has 3 fully saturated rings. The number of aliphatic hydroxyl groups excluding tert-OH is 1. The number of allylic oxidation sites excluding steroid dienone is 6. The van der Waals surface area contributed by atoms with Gasteiger partial charge in [-0.1, -0.05) is 94.8 Å². The normalized spacial score (nSPS) is 36.1. The first kappa shape index (κ1) is 64.0. The molecule has 4 aliphatic rings. The number of Topliss-reactive ketones (excluding diaryl/α,β-unsaturated/α-hetero) is 2. The molecule has 2 N–H and O–H groups in total. The molecule has 0 unspecified atom stereocenters. The Morgan fingerprint density at radius 1 is 0.831 bits per heavy atom. The van der Waals surface area contributed by atoms with Gasteiger partial charge in [0.1, 0.15) is 24.4 Å². The number of fused-ring (bicyclic) bond motifs is 3. The number of para-hydroxylation sites is 1. The molecule has 1 aromatic rings. The van der Waals surface area contributed by atoms with E-state index in [1.165, 1.54) is 12.0 Å². The fourth-order valence-electron chi connectivity index (χ4n) is 12.1. The Morgan fingerprint density at radius 2 is 1.56 bits per heavy atom. The van der Waals surface area contributed by atoms with Crippen LogP contribution >= 0.6 is 7.37 Å². The zero-order chi connectivity index (χ0) is 56.6. The molecule has 0 spiro atoms. The summed E-state index contributed by atoms with van der Waals surface area (Å²) in [7, 11) is 1.99. The van der Waals surface area contributed by atoms with Gasteiger partial charge in [0.25, 0.3) is 11.7 Å². The third kappa shape index (κ3) is 18.1. The molecule has 1 amide bonds. The molecule has 15 nitrogen and oxygen atoms in total. The van der Waals surface area contributed by atoms with E-state index in [0.717, 1.165) is 17.7 Å². The Labute approximate surface area is 461 Å². The van der Waals surface area contributed by atoms with Crippen LogP contribution in [0.3, 0.4) is 0 Å². The lowest BCUT2D eigenvalue weighted by molar-refractivity contribution is -0.263. The number of rotatable bonds is 12. The molecule has 1 aromatic carbocycles. The average molecular weight is 1100 g/mol. The lowest BCUT2D eigenvalue weighted by Crippen LogP contribution is -2.61. The van der Waals surface area contributed by atoms with Crippen molar-refractivity contribution in [3.63, 3.8) is 0 Å². The first-order chi connectivity index (χ1) is 36.5. The third-order valence-corrected chi connectivity index (χ3v) is 17.4. The summed E-state index contributed by atoms with van der Waals surface area (Å²) in [6.07, 6.45) is 15.2. The van der Waals surface area contributed by atoms with Crippen LogP contribution < -0.4 is 4.90 Å². The minimum absolute atomic E-state index is 0.0358. The van der Waals surface area contributed by atoms with E-state index < -0.39 is 73.1 Å². The molecule has 16 heteroatoms. The van der Waals surface area contributed by atoms with Crippen molar-refractivity contribution >= 4 is 36.5 Å². The lowest BCUT2D eigenvalue weighted by atomic mass is 9.78. The number of cyclic esters (lactones) is 1. The smallest absolute Gasteiger partial charge is 0.329 e. The molecule has 0 radical (unpaired) electrons. The van der Waals surface area contributed by atoms with Crippen molar-refractivity contribution in [3.8, 4) is 0 Å². The number of ketones is 2. The molecule has 3 aliphatic heterocycles. The molecular weight excluding hydrogens is 1000 g/mol. The molecule has 1 saturated carbocycles. The summed E-state index contributed by atoms with van der Waals surface area (Å²) >= 11 is 0. The van der Waals surface area contributed by atoms with Gasteiger partial charge in [0, 0.05) is 65.3 Å². The highest BCUT2D eigenvalue weighted by Crippen LogP contribution is 2.45. The first-order valence-electron chi connectivity index (χ1n) is 28.5. The highest BCUT2D eigenvalue weighted by Gasteiger charge is 2.53. The zero-order valence-electron chi connectivity index (χ0n) is 48.5.